The molecule has 7 heteroatoms. The molecule has 0 saturated carbocycles. The Hall–Kier alpha value is -3.45. The van der Waals surface area contributed by atoms with Gasteiger partial charge in [-0.2, -0.15) is 4.73 Å². The van der Waals surface area contributed by atoms with E-state index in [0.717, 1.165) is 29.2 Å². The molecule has 0 bridgehead atoms. The van der Waals surface area contributed by atoms with Crippen molar-refractivity contribution in [1.82, 2.24) is 5.32 Å². The van der Waals surface area contributed by atoms with Crippen LogP contribution in [-0.2, 0) is 4.74 Å². The molecule has 1 fully saturated rings. The van der Waals surface area contributed by atoms with Crippen LogP contribution >= 0.6 is 0 Å². The second-order valence-electron chi connectivity index (χ2n) is 7.79. The van der Waals surface area contributed by atoms with Crippen LogP contribution in [0, 0.1) is 18.0 Å². The largest absolute Gasteiger partial charge is 0.618 e. The van der Waals surface area contributed by atoms with Crippen LogP contribution in [0.4, 0.5) is 5.69 Å². The fraction of sp³-hybridized carbons (Fsp3) is 0.292. The summed E-state index contributed by atoms with van der Waals surface area (Å²) in [5.74, 6) is -0.564. The summed E-state index contributed by atoms with van der Waals surface area (Å²) in [6.07, 6.45) is 2.99. The van der Waals surface area contributed by atoms with E-state index in [-0.39, 0.29) is 17.3 Å². The summed E-state index contributed by atoms with van der Waals surface area (Å²) in [6, 6.07) is 14.4. The molecule has 0 spiro atoms. The first-order valence-electron chi connectivity index (χ1n) is 10.4. The number of rotatable bonds is 5. The normalized spacial score (nSPS) is 14.4. The van der Waals surface area contributed by atoms with Crippen LogP contribution in [-0.4, -0.2) is 31.6 Å². The topological polar surface area (TPSA) is 94.4 Å². The second kappa shape index (κ2) is 9.14. The molecule has 1 aromatic heterocycles. The number of hydrogen-bond acceptors (Lipinski definition) is 4. The molecule has 2 aromatic carbocycles. The van der Waals surface area contributed by atoms with Crippen molar-refractivity contribution < 1.29 is 19.1 Å². The summed E-state index contributed by atoms with van der Waals surface area (Å²) >= 11 is 0. The molecule has 4 rings (SSSR count). The van der Waals surface area contributed by atoms with Gasteiger partial charge in [-0.15, -0.1) is 0 Å². The van der Waals surface area contributed by atoms with Crippen LogP contribution in [0.1, 0.15) is 39.3 Å². The van der Waals surface area contributed by atoms with E-state index in [2.05, 4.69) is 10.6 Å². The van der Waals surface area contributed by atoms with Crippen molar-refractivity contribution >= 4 is 28.3 Å². The number of benzene rings is 2. The van der Waals surface area contributed by atoms with E-state index in [4.69, 9.17) is 4.74 Å². The maximum atomic E-state index is 13.1. The molecular weight excluding hydrogens is 394 g/mol. The van der Waals surface area contributed by atoms with Crippen LogP contribution < -0.4 is 15.4 Å². The third kappa shape index (κ3) is 4.51. The fourth-order valence-corrected chi connectivity index (χ4v) is 3.92. The minimum Gasteiger partial charge on any atom is -0.618 e. The number of aryl methyl sites for hydroxylation is 1. The monoisotopic (exact) mass is 419 g/mol. The van der Waals surface area contributed by atoms with Crippen molar-refractivity contribution in [3.8, 4) is 0 Å². The zero-order chi connectivity index (χ0) is 21.8. The number of anilines is 1. The maximum absolute atomic E-state index is 13.1. The highest BCUT2D eigenvalue weighted by atomic mass is 16.5. The fourth-order valence-electron chi connectivity index (χ4n) is 3.92. The van der Waals surface area contributed by atoms with E-state index in [1.54, 1.807) is 12.1 Å². The predicted molar refractivity (Wildman–Crippen MR) is 118 cm³/mol. The molecule has 3 aromatic rings. The lowest BCUT2D eigenvalue weighted by Crippen LogP contribution is -2.42. The van der Waals surface area contributed by atoms with Gasteiger partial charge in [0.2, 0.25) is 0 Å². The number of fused-ring (bicyclic) bond motifs is 1. The molecule has 160 valence electrons. The van der Waals surface area contributed by atoms with Crippen LogP contribution in [0.2, 0.25) is 0 Å². The van der Waals surface area contributed by atoms with Crippen LogP contribution in [0.25, 0.3) is 10.8 Å². The summed E-state index contributed by atoms with van der Waals surface area (Å²) < 4.78 is 5.83. The zero-order valence-corrected chi connectivity index (χ0v) is 17.4. The summed E-state index contributed by atoms with van der Waals surface area (Å²) in [5, 5.41) is 19.8. The number of amides is 2. The minimum atomic E-state index is -0.508. The number of aromatic nitrogens is 1. The third-order valence-corrected chi connectivity index (χ3v) is 5.70. The Labute approximate surface area is 180 Å². The number of ether oxygens (including phenoxy) is 1. The SMILES string of the molecule is Cc1ccc(C(=O)Nc2ccc[n+]([O-])c2C(=O)NCC2CCOCC2)c2ccccc12. The molecule has 2 heterocycles. The van der Waals surface area contributed by atoms with Crippen LogP contribution in [0.5, 0.6) is 0 Å². The van der Waals surface area contributed by atoms with Crippen molar-refractivity contribution in [2.75, 3.05) is 25.1 Å². The highest BCUT2D eigenvalue weighted by Crippen LogP contribution is 2.24. The Bertz CT molecular complexity index is 1120. The molecule has 0 radical (unpaired) electrons. The maximum Gasteiger partial charge on any atom is 0.319 e. The van der Waals surface area contributed by atoms with E-state index in [9.17, 15) is 14.8 Å². The van der Waals surface area contributed by atoms with Gasteiger partial charge in [-0.05, 0) is 54.2 Å². The lowest BCUT2D eigenvalue weighted by Gasteiger charge is -2.22. The molecule has 1 aliphatic rings. The van der Waals surface area contributed by atoms with E-state index >= 15 is 0 Å². The van der Waals surface area contributed by atoms with Crippen molar-refractivity contribution in [2.24, 2.45) is 5.92 Å². The summed E-state index contributed by atoms with van der Waals surface area (Å²) in [7, 11) is 0. The standard InChI is InChI=1S/C24H25N3O4/c1-16-8-9-20(19-6-3-2-5-18(16)19)23(28)26-21-7-4-12-27(30)22(21)24(29)25-15-17-10-13-31-14-11-17/h2-9,12,17H,10-11,13-15H2,1H3,(H,25,29)(H,26,28). The van der Waals surface area contributed by atoms with Gasteiger partial charge < -0.3 is 20.6 Å². The summed E-state index contributed by atoms with van der Waals surface area (Å²) in [6.45, 7) is 3.81. The lowest BCUT2D eigenvalue weighted by atomic mass is 10.00. The molecule has 1 saturated heterocycles. The molecule has 1 aliphatic heterocycles. The van der Waals surface area contributed by atoms with E-state index < -0.39 is 5.91 Å². The highest BCUT2D eigenvalue weighted by molar-refractivity contribution is 6.14. The number of carbonyl (C=O) groups excluding carboxylic acids is 2. The zero-order valence-electron chi connectivity index (χ0n) is 17.4. The predicted octanol–water partition coefficient (Wildman–Crippen LogP) is 3.19. The van der Waals surface area contributed by atoms with Crippen LogP contribution in [0.15, 0.2) is 54.7 Å². The quantitative estimate of drug-likeness (QED) is 0.491. The Morgan fingerprint density at radius 2 is 1.77 bits per heavy atom. The van der Waals surface area contributed by atoms with Gasteiger partial charge in [0.1, 0.15) is 5.69 Å². The minimum absolute atomic E-state index is 0.126. The Morgan fingerprint density at radius 1 is 1.03 bits per heavy atom. The average molecular weight is 419 g/mol. The number of pyridine rings is 1. The molecule has 0 unspecified atom stereocenters. The van der Waals surface area contributed by atoms with Gasteiger partial charge in [0.15, 0.2) is 6.20 Å². The first-order valence-corrected chi connectivity index (χ1v) is 10.4. The molecule has 2 N–H and O–H groups in total. The Morgan fingerprint density at radius 3 is 2.55 bits per heavy atom. The van der Waals surface area contributed by atoms with Crippen molar-refractivity contribution in [3.05, 3.63) is 76.8 Å². The number of carbonyl (C=O) groups is 2. The van der Waals surface area contributed by atoms with Crippen molar-refractivity contribution in [2.45, 2.75) is 19.8 Å². The van der Waals surface area contributed by atoms with Crippen molar-refractivity contribution in [3.63, 3.8) is 0 Å². The molecule has 7 nitrogen and oxygen atoms in total. The second-order valence-corrected chi connectivity index (χ2v) is 7.79. The molecule has 0 atom stereocenters. The van der Waals surface area contributed by atoms with Crippen molar-refractivity contribution in [1.29, 1.82) is 0 Å². The first kappa shape index (κ1) is 20.8. The third-order valence-electron chi connectivity index (χ3n) is 5.70. The highest BCUT2D eigenvalue weighted by Gasteiger charge is 2.25. The van der Waals surface area contributed by atoms with Gasteiger partial charge in [0.25, 0.3) is 5.91 Å². The number of hydrogen-bond donors (Lipinski definition) is 2. The number of nitrogens with zero attached hydrogens (tertiary/aromatic N) is 1. The molecular formula is C24H25N3O4. The Kier molecular flexibility index (Phi) is 6.13. The van der Waals surface area contributed by atoms with Gasteiger partial charge in [0.05, 0.1) is 0 Å². The van der Waals surface area contributed by atoms with Gasteiger partial charge in [-0.3, -0.25) is 9.59 Å². The van der Waals surface area contributed by atoms with Gasteiger partial charge in [-0.1, -0.05) is 30.3 Å². The molecule has 31 heavy (non-hydrogen) atoms. The van der Waals surface area contributed by atoms with E-state index in [1.807, 2.05) is 37.3 Å². The Balaban J connectivity index is 1.57. The molecule has 0 aliphatic carbocycles. The summed E-state index contributed by atoms with van der Waals surface area (Å²) in [5.41, 5.74) is 1.60. The number of nitrogens with one attached hydrogen (secondary N) is 2. The first-order chi connectivity index (χ1) is 15.0. The summed E-state index contributed by atoms with van der Waals surface area (Å²) in [4.78, 5) is 25.9. The van der Waals surface area contributed by atoms with Crippen LogP contribution in [0.3, 0.4) is 0 Å². The van der Waals surface area contributed by atoms with E-state index in [0.29, 0.717) is 36.0 Å². The smallest absolute Gasteiger partial charge is 0.319 e. The van der Waals surface area contributed by atoms with Gasteiger partial charge >= 0.3 is 11.6 Å². The average Bonchev–Trinajstić information content (AvgIpc) is 2.78. The lowest BCUT2D eigenvalue weighted by molar-refractivity contribution is -0.607. The van der Waals surface area contributed by atoms with Gasteiger partial charge in [0, 0.05) is 31.4 Å². The van der Waals surface area contributed by atoms with Gasteiger partial charge in [-0.25, -0.2) is 0 Å². The van der Waals surface area contributed by atoms with E-state index in [1.165, 1.54) is 12.3 Å². The molecule has 2 amide bonds.